The maximum Gasteiger partial charge on any atom is 0.269 e. The second-order valence-corrected chi connectivity index (χ2v) is 8.33. The van der Waals surface area contributed by atoms with Gasteiger partial charge in [-0.25, -0.2) is 4.98 Å². The number of carbonyl (C=O) groups is 2. The number of amides is 2. The van der Waals surface area contributed by atoms with Crippen LogP contribution >= 0.6 is 11.6 Å². The molecule has 1 aliphatic rings. The van der Waals surface area contributed by atoms with Crippen molar-refractivity contribution in [2.24, 2.45) is 0 Å². The van der Waals surface area contributed by atoms with Crippen LogP contribution in [0.25, 0.3) is 10.9 Å². The fourth-order valence-corrected chi connectivity index (χ4v) is 4.19. The number of fused-ring (bicyclic) bond motifs is 2. The Morgan fingerprint density at radius 3 is 2.44 bits per heavy atom. The smallest absolute Gasteiger partial charge is 0.269 e. The minimum absolute atomic E-state index is 0.355. The Bertz CT molecular complexity index is 1410. The molecule has 0 saturated carbocycles. The fourth-order valence-electron chi connectivity index (χ4n) is 4.00. The number of aromatic nitrogens is 1. The number of hydrogen-bond acceptors (Lipinski definition) is 5. The van der Waals surface area contributed by atoms with E-state index < -0.39 is 11.8 Å². The van der Waals surface area contributed by atoms with Crippen molar-refractivity contribution in [1.82, 2.24) is 15.8 Å². The maximum atomic E-state index is 12.5. The number of anilines is 2. The number of ether oxygens (including phenoxy) is 1. The normalized spacial score (nSPS) is 12.4. The Morgan fingerprint density at radius 1 is 0.941 bits per heavy atom. The molecule has 0 radical (unpaired) electrons. The second-order valence-electron chi connectivity index (χ2n) is 7.90. The monoisotopic (exact) mass is 472 g/mol. The van der Waals surface area contributed by atoms with Gasteiger partial charge in [-0.1, -0.05) is 17.7 Å². The van der Waals surface area contributed by atoms with Gasteiger partial charge in [0, 0.05) is 39.8 Å². The lowest BCUT2D eigenvalue weighted by Crippen LogP contribution is -2.41. The van der Waals surface area contributed by atoms with Crippen LogP contribution in [0.4, 0.5) is 11.5 Å². The first-order chi connectivity index (χ1) is 16.5. The number of nitrogens with zero attached hydrogens (tertiary/aromatic N) is 2. The van der Waals surface area contributed by atoms with Gasteiger partial charge in [-0.05, 0) is 72.6 Å². The number of nitrogens with one attached hydrogen (secondary N) is 2. The Balaban J connectivity index is 1.30. The molecule has 0 unspecified atom stereocenters. The first-order valence-electron chi connectivity index (χ1n) is 10.7. The van der Waals surface area contributed by atoms with Crippen LogP contribution in [0.1, 0.15) is 26.3 Å². The van der Waals surface area contributed by atoms with Gasteiger partial charge in [0.1, 0.15) is 11.6 Å². The number of halogens is 1. The standard InChI is InChI=1S/C26H21ClN4O3/c1-34-22-10-7-17-13-18-11-12-31(24(18)28-23(17)15-22)21-8-5-16(6-9-21)25(32)29-30-26(33)19-3-2-4-20(27)14-19/h2-10,13-15H,11-12H2,1H3,(H,29,32)(H,30,33). The van der Waals surface area contributed by atoms with E-state index in [1.807, 2.05) is 30.3 Å². The summed E-state index contributed by atoms with van der Waals surface area (Å²) in [6, 6.07) is 21.7. The van der Waals surface area contributed by atoms with Crippen molar-refractivity contribution in [3.8, 4) is 5.75 Å². The average Bonchev–Trinajstić information content (AvgIpc) is 3.28. The van der Waals surface area contributed by atoms with Crippen molar-refractivity contribution in [3.63, 3.8) is 0 Å². The molecular weight excluding hydrogens is 452 g/mol. The van der Waals surface area contributed by atoms with Crippen molar-refractivity contribution in [1.29, 1.82) is 0 Å². The molecule has 2 heterocycles. The zero-order valence-electron chi connectivity index (χ0n) is 18.3. The highest BCUT2D eigenvalue weighted by molar-refractivity contribution is 6.31. The maximum absolute atomic E-state index is 12.5. The number of carbonyl (C=O) groups excluding carboxylic acids is 2. The lowest BCUT2D eigenvalue weighted by atomic mass is 10.1. The number of methoxy groups -OCH3 is 1. The van der Waals surface area contributed by atoms with Gasteiger partial charge in [0.15, 0.2) is 0 Å². The van der Waals surface area contributed by atoms with Crippen LogP contribution in [0.15, 0.2) is 72.8 Å². The summed E-state index contributed by atoms with van der Waals surface area (Å²) in [5.74, 6) is 0.810. The van der Waals surface area contributed by atoms with Crippen molar-refractivity contribution < 1.29 is 14.3 Å². The number of hydrogen-bond donors (Lipinski definition) is 2. The van der Waals surface area contributed by atoms with Crippen molar-refractivity contribution in [2.45, 2.75) is 6.42 Å². The SMILES string of the molecule is COc1ccc2cc3c(nc2c1)N(c1ccc(C(=O)NNC(=O)c2cccc(Cl)c2)cc1)CC3. The van der Waals surface area contributed by atoms with Crippen LogP contribution in [0, 0.1) is 0 Å². The van der Waals surface area contributed by atoms with Gasteiger partial charge in [-0.2, -0.15) is 0 Å². The molecule has 3 aromatic carbocycles. The minimum atomic E-state index is -0.448. The molecule has 34 heavy (non-hydrogen) atoms. The average molecular weight is 473 g/mol. The quantitative estimate of drug-likeness (QED) is 0.422. The zero-order chi connectivity index (χ0) is 23.7. The molecule has 5 rings (SSSR count). The summed E-state index contributed by atoms with van der Waals surface area (Å²) in [6.07, 6.45) is 0.891. The summed E-state index contributed by atoms with van der Waals surface area (Å²) in [4.78, 5) is 31.7. The van der Waals surface area contributed by atoms with Crippen LogP contribution in [0.2, 0.25) is 5.02 Å². The Morgan fingerprint density at radius 2 is 1.71 bits per heavy atom. The van der Waals surface area contributed by atoms with Gasteiger partial charge in [0.25, 0.3) is 11.8 Å². The second kappa shape index (κ2) is 9.03. The first-order valence-corrected chi connectivity index (χ1v) is 11.1. The van der Waals surface area contributed by atoms with Gasteiger partial charge < -0.3 is 9.64 Å². The topological polar surface area (TPSA) is 83.6 Å². The van der Waals surface area contributed by atoms with Crippen molar-refractivity contribution in [2.75, 3.05) is 18.6 Å². The van der Waals surface area contributed by atoms with Crippen LogP contribution in [-0.2, 0) is 6.42 Å². The first kappa shape index (κ1) is 21.7. The summed E-state index contributed by atoms with van der Waals surface area (Å²) in [6.45, 7) is 0.803. The molecule has 7 nitrogen and oxygen atoms in total. The summed E-state index contributed by atoms with van der Waals surface area (Å²) in [7, 11) is 1.64. The van der Waals surface area contributed by atoms with Crippen molar-refractivity contribution >= 4 is 45.8 Å². The van der Waals surface area contributed by atoms with E-state index in [1.165, 1.54) is 11.6 Å². The molecular formula is C26H21ClN4O3. The minimum Gasteiger partial charge on any atom is -0.497 e. The number of pyridine rings is 1. The molecule has 2 N–H and O–H groups in total. The van der Waals surface area contributed by atoms with Crippen molar-refractivity contribution in [3.05, 3.63) is 94.5 Å². The highest BCUT2D eigenvalue weighted by Gasteiger charge is 2.23. The third kappa shape index (κ3) is 4.25. The summed E-state index contributed by atoms with van der Waals surface area (Å²) in [5.41, 5.74) is 8.61. The van der Waals surface area contributed by atoms with E-state index in [0.717, 1.165) is 41.1 Å². The van der Waals surface area contributed by atoms with Gasteiger partial charge in [-0.3, -0.25) is 20.4 Å². The van der Waals surface area contributed by atoms with E-state index in [9.17, 15) is 9.59 Å². The predicted molar refractivity (Wildman–Crippen MR) is 132 cm³/mol. The molecule has 1 aromatic heterocycles. The number of hydrazine groups is 1. The van der Waals surface area contributed by atoms with Crippen LogP contribution in [0.5, 0.6) is 5.75 Å². The summed E-state index contributed by atoms with van der Waals surface area (Å²) in [5, 5.41) is 1.52. The lowest BCUT2D eigenvalue weighted by molar-refractivity contribution is 0.0846. The van der Waals surface area contributed by atoms with Gasteiger partial charge in [0.2, 0.25) is 0 Å². The Labute approximate surface area is 201 Å². The summed E-state index contributed by atoms with van der Waals surface area (Å²) < 4.78 is 5.33. The number of benzene rings is 3. The molecule has 1 aliphatic heterocycles. The highest BCUT2D eigenvalue weighted by Crippen LogP contribution is 2.35. The van der Waals surface area contributed by atoms with Gasteiger partial charge >= 0.3 is 0 Å². The third-order valence-electron chi connectivity index (χ3n) is 5.76. The molecule has 0 atom stereocenters. The molecule has 170 valence electrons. The molecule has 8 heteroatoms. The molecule has 0 saturated heterocycles. The van der Waals surface area contributed by atoms with E-state index in [-0.39, 0.29) is 0 Å². The number of rotatable bonds is 4. The fraction of sp³-hybridized carbons (Fsp3) is 0.115. The predicted octanol–water partition coefficient (Wildman–Crippen LogP) is 4.67. The Kier molecular flexibility index (Phi) is 5.77. The van der Waals surface area contributed by atoms with Gasteiger partial charge in [-0.15, -0.1) is 0 Å². The molecule has 4 aromatic rings. The van der Waals surface area contributed by atoms with E-state index in [2.05, 4.69) is 21.8 Å². The van der Waals surface area contributed by atoms with E-state index in [4.69, 9.17) is 21.3 Å². The van der Waals surface area contributed by atoms with E-state index >= 15 is 0 Å². The van der Waals surface area contributed by atoms with Crippen LogP contribution in [-0.4, -0.2) is 30.5 Å². The molecule has 2 amide bonds. The Hall–Kier alpha value is -4.10. The van der Waals surface area contributed by atoms with Crippen LogP contribution < -0.4 is 20.5 Å². The highest BCUT2D eigenvalue weighted by atomic mass is 35.5. The van der Waals surface area contributed by atoms with Crippen LogP contribution in [0.3, 0.4) is 0 Å². The molecule has 0 fully saturated rings. The van der Waals surface area contributed by atoms with Gasteiger partial charge in [0.05, 0.1) is 12.6 Å². The molecule has 0 aliphatic carbocycles. The summed E-state index contributed by atoms with van der Waals surface area (Å²) >= 11 is 5.91. The molecule has 0 spiro atoms. The third-order valence-corrected chi connectivity index (χ3v) is 5.99. The largest absolute Gasteiger partial charge is 0.497 e. The van der Waals surface area contributed by atoms with E-state index in [1.54, 1.807) is 37.4 Å². The lowest BCUT2D eigenvalue weighted by Gasteiger charge is -2.19. The van der Waals surface area contributed by atoms with E-state index in [0.29, 0.717) is 16.1 Å². The molecule has 0 bridgehead atoms. The zero-order valence-corrected chi connectivity index (χ0v) is 19.1.